The maximum atomic E-state index is 11.6. The van der Waals surface area contributed by atoms with Gasteiger partial charge in [0.1, 0.15) is 12.2 Å². The van der Waals surface area contributed by atoms with E-state index in [-0.39, 0.29) is 12.6 Å². The van der Waals surface area contributed by atoms with Crippen LogP contribution in [-0.2, 0) is 23.9 Å². The number of amides is 1. The van der Waals surface area contributed by atoms with E-state index in [0.717, 1.165) is 6.08 Å². The molecule has 1 heterocycles. The molecule has 1 amide bonds. The van der Waals surface area contributed by atoms with Gasteiger partial charge in [0, 0.05) is 6.92 Å². The number of aliphatic carboxylic acids is 2. The normalized spacial score (nSPS) is 21.8. The number of hydrogen-bond acceptors (Lipinski definition) is 9. The molecular formula is C16H25F3N4O10. The van der Waals surface area contributed by atoms with Gasteiger partial charge in [-0.1, -0.05) is 0 Å². The summed E-state index contributed by atoms with van der Waals surface area (Å²) in [6.07, 6.45) is -8.02. The van der Waals surface area contributed by atoms with Crippen molar-refractivity contribution in [2.45, 2.75) is 43.5 Å². The number of halogens is 3. The third-order valence-electron chi connectivity index (χ3n) is 3.72. The number of alkyl halides is 3. The summed E-state index contributed by atoms with van der Waals surface area (Å²) in [6, 6.07) is -2.04. The summed E-state index contributed by atoms with van der Waals surface area (Å²) in [5, 5.41) is 47.1. The van der Waals surface area contributed by atoms with Crippen molar-refractivity contribution in [1.82, 2.24) is 5.32 Å². The van der Waals surface area contributed by atoms with E-state index in [1.54, 1.807) is 0 Å². The number of carboxylic acid groups (broad SMARTS) is 2. The smallest absolute Gasteiger partial charge is 0.478 e. The van der Waals surface area contributed by atoms with Gasteiger partial charge in [-0.25, -0.2) is 14.6 Å². The third-order valence-corrected chi connectivity index (χ3v) is 3.72. The zero-order valence-electron chi connectivity index (χ0n) is 17.1. The van der Waals surface area contributed by atoms with E-state index in [2.05, 4.69) is 10.3 Å². The average molecular weight is 490 g/mol. The van der Waals surface area contributed by atoms with Crippen LogP contribution in [0.25, 0.3) is 0 Å². The van der Waals surface area contributed by atoms with E-state index in [4.69, 9.17) is 35.9 Å². The van der Waals surface area contributed by atoms with Crippen molar-refractivity contribution in [2.24, 2.45) is 16.5 Å². The summed E-state index contributed by atoms with van der Waals surface area (Å²) in [4.78, 5) is 35.7. The van der Waals surface area contributed by atoms with Gasteiger partial charge in [0.05, 0.1) is 31.9 Å². The molecule has 1 rings (SSSR count). The zero-order valence-corrected chi connectivity index (χ0v) is 17.1. The Kier molecular flexibility index (Phi) is 12.1. The molecule has 0 aromatic carbocycles. The van der Waals surface area contributed by atoms with Crippen LogP contribution in [0.2, 0.25) is 0 Å². The number of guanidine groups is 1. The van der Waals surface area contributed by atoms with Crippen LogP contribution in [0.4, 0.5) is 13.2 Å². The van der Waals surface area contributed by atoms with E-state index in [0.29, 0.717) is 0 Å². The Morgan fingerprint density at radius 1 is 1.27 bits per heavy atom. The Hall–Kier alpha value is -3.15. The van der Waals surface area contributed by atoms with Gasteiger partial charge in [-0.15, -0.1) is 0 Å². The zero-order chi connectivity index (χ0) is 25.9. The number of carbonyl (C=O) groups excluding carboxylic acids is 1. The third kappa shape index (κ3) is 10.3. The molecule has 10 N–H and O–H groups in total. The fourth-order valence-corrected chi connectivity index (χ4v) is 2.51. The highest BCUT2D eigenvalue weighted by molar-refractivity contribution is 5.85. The van der Waals surface area contributed by atoms with E-state index < -0.39 is 73.4 Å². The molecule has 0 unspecified atom stereocenters. The maximum Gasteiger partial charge on any atom is 0.490 e. The monoisotopic (exact) mass is 490 g/mol. The minimum atomic E-state index is -5.08. The molecule has 33 heavy (non-hydrogen) atoms. The van der Waals surface area contributed by atoms with E-state index in [1.807, 2.05) is 0 Å². The van der Waals surface area contributed by atoms with Crippen LogP contribution in [0, 0.1) is 0 Å². The maximum absolute atomic E-state index is 11.6. The van der Waals surface area contributed by atoms with Gasteiger partial charge < -0.3 is 51.8 Å². The predicted octanol–water partition coefficient (Wildman–Crippen LogP) is -3.14. The predicted molar refractivity (Wildman–Crippen MR) is 101 cm³/mol. The lowest BCUT2D eigenvalue weighted by Crippen LogP contribution is -2.60. The minimum Gasteiger partial charge on any atom is -0.478 e. The Morgan fingerprint density at radius 3 is 2.18 bits per heavy atom. The van der Waals surface area contributed by atoms with Gasteiger partial charge in [0.15, 0.2) is 12.1 Å². The molecule has 1 aliphatic heterocycles. The highest BCUT2D eigenvalue weighted by Gasteiger charge is 2.45. The first-order chi connectivity index (χ1) is 15.1. The number of carboxylic acids is 2. The quantitative estimate of drug-likeness (QED) is 0.118. The second-order valence-corrected chi connectivity index (χ2v) is 6.30. The van der Waals surface area contributed by atoms with Gasteiger partial charge in [0.2, 0.25) is 11.7 Å². The molecule has 14 nitrogen and oxygen atoms in total. The van der Waals surface area contributed by atoms with Gasteiger partial charge in [-0.2, -0.15) is 13.2 Å². The largest absolute Gasteiger partial charge is 0.490 e. The van der Waals surface area contributed by atoms with Crippen molar-refractivity contribution in [2.75, 3.05) is 19.8 Å². The summed E-state index contributed by atoms with van der Waals surface area (Å²) in [5.74, 6) is -5.55. The minimum absolute atomic E-state index is 0.229. The SMILES string of the molecule is CC(=O)N[C@H]1[C@H]([C@H](OCCO)[C@H](O)CO)OC(C(=O)O)=C[C@@H]1N=C(N)N.O=C(O)C(F)(F)F. The molecule has 0 radical (unpaired) electrons. The van der Waals surface area contributed by atoms with Crippen LogP contribution in [-0.4, -0.2) is 106 Å². The molecular weight excluding hydrogens is 465 g/mol. The Labute approximate surface area is 184 Å². The standard InChI is InChI=1S/C14H24N4O8.C2HF3O2/c1-6(21)17-10-7(18-14(15)16)4-9(13(23)24)26-12(10)11(8(22)5-20)25-3-2-19;3-2(4,5)1(6)7/h4,7-8,10-12,19-20,22H,2-3,5H2,1H3,(H,17,21)(H,23,24)(H4,15,16,18);(H,6,7)/t7-,8+,10+,11+,12+;/m0./s1. The van der Waals surface area contributed by atoms with Crippen LogP contribution >= 0.6 is 0 Å². The summed E-state index contributed by atoms with van der Waals surface area (Å²) in [5.41, 5.74) is 10.7. The molecule has 0 aliphatic carbocycles. The van der Waals surface area contributed by atoms with Crippen molar-refractivity contribution >= 4 is 23.8 Å². The van der Waals surface area contributed by atoms with Crippen LogP contribution < -0.4 is 16.8 Å². The molecule has 0 saturated heterocycles. The van der Waals surface area contributed by atoms with E-state index in [9.17, 15) is 38.1 Å². The number of carbonyl (C=O) groups is 3. The number of nitrogens with two attached hydrogens (primary N) is 2. The summed E-state index contributed by atoms with van der Waals surface area (Å²) >= 11 is 0. The van der Waals surface area contributed by atoms with E-state index >= 15 is 0 Å². The number of nitrogens with zero attached hydrogens (tertiary/aromatic N) is 1. The molecule has 1 aliphatic rings. The Bertz CT molecular complexity index is 743. The Balaban J connectivity index is 0.00000126. The van der Waals surface area contributed by atoms with Gasteiger partial charge >= 0.3 is 18.1 Å². The average Bonchev–Trinajstić information content (AvgIpc) is 2.68. The highest BCUT2D eigenvalue weighted by Crippen LogP contribution is 2.26. The molecule has 0 aromatic heterocycles. The lowest BCUT2D eigenvalue weighted by atomic mass is 9.92. The van der Waals surface area contributed by atoms with Crippen LogP contribution in [0.5, 0.6) is 0 Å². The van der Waals surface area contributed by atoms with Gasteiger partial charge in [-0.3, -0.25) is 4.79 Å². The summed E-state index contributed by atoms with van der Waals surface area (Å²) in [7, 11) is 0. The van der Waals surface area contributed by atoms with Crippen molar-refractivity contribution in [3.63, 3.8) is 0 Å². The number of rotatable bonds is 9. The number of aliphatic imine (C=N–C) groups is 1. The number of aliphatic hydroxyl groups excluding tert-OH is 3. The lowest BCUT2D eigenvalue weighted by molar-refractivity contribution is -0.192. The van der Waals surface area contributed by atoms with Gasteiger partial charge in [0.25, 0.3) is 0 Å². The number of hydrogen-bond donors (Lipinski definition) is 8. The van der Waals surface area contributed by atoms with Crippen molar-refractivity contribution in [1.29, 1.82) is 0 Å². The first-order valence-corrected chi connectivity index (χ1v) is 8.94. The molecule has 5 atom stereocenters. The molecule has 0 aromatic rings. The van der Waals surface area contributed by atoms with Crippen LogP contribution in [0.1, 0.15) is 6.92 Å². The molecule has 190 valence electrons. The summed E-state index contributed by atoms with van der Waals surface area (Å²) in [6.45, 7) is -0.146. The highest BCUT2D eigenvalue weighted by atomic mass is 19.4. The number of nitrogens with one attached hydrogen (secondary N) is 1. The van der Waals surface area contributed by atoms with Crippen LogP contribution in [0.3, 0.4) is 0 Å². The number of ether oxygens (including phenoxy) is 2. The fourth-order valence-electron chi connectivity index (χ4n) is 2.51. The molecule has 0 saturated carbocycles. The first-order valence-electron chi connectivity index (χ1n) is 8.94. The first kappa shape index (κ1) is 29.9. The molecule has 0 fully saturated rings. The van der Waals surface area contributed by atoms with Gasteiger partial charge in [-0.05, 0) is 6.08 Å². The second kappa shape index (κ2) is 13.4. The van der Waals surface area contributed by atoms with E-state index in [1.165, 1.54) is 6.92 Å². The van der Waals surface area contributed by atoms with Crippen molar-refractivity contribution < 1.29 is 62.6 Å². The lowest BCUT2D eigenvalue weighted by Gasteiger charge is -2.40. The molecule has 17 heteroatoms. The van der Waals surface area contributed by atoms with Crippen LogP contribution in [0.15, 0.2) is 16.8 Å². The Morgan fingerprint density at radius 2 is 1.82 bits per heavy atom. The number of aliphatic hydroxyl groups is 3. The van der Waals surface area contributed by atoms with Crippen molar-refractivity contribution in [3.8, 4) is 0 Å². The summed E-state index contributed by atoms with van der Waals surface area (Å²) < 4.78 is 42.4. The van der Waals surface area contributed by atoms with Crippen molar-refractivity contribution in [3.05, 3.63) is 11.8 Å². The fraction of sp³-hybridized carbons (Fsp3) is 0.625. The molecule has 0 bridgehead atoms. The molecule has 0 spiro atoms. The topological polar surface area (TPSA) is 247 Å². The second-order valence-electron chi connectivity index (χ2n) is 6.30.